The van der Waals surface area contributed by atoms with Crippen molar-refractivity contribution < 1.29 is 24.2 Å². The summed E-state index contributed by atoms with van der Waals surface area (Å²) in [5.41, 5.74) is -0.774. The van der Waals surface area contributed by atoms with Gasteiger partial charge in [0, 0.05) is 17.8 Å². The number of fused-ring (bicyclic) bond motifs is 1. The smallest absolute Gasteiger partial charge is 0.332 e. The fourth-order valence-electron chi connectivity index (χ4n) is 3.88. The molecule has 11 nitrogen and oxygen atoms in total. The molecule has 3 aromatic carbocycles. The molecule has 1 heterocycles. The highest BCUT2D eigenvalue weighted by molar-refractivity contribution is 6.32. The summed E-state index contributed by atoms with van der Waals surface area (Å²) in [6, 6.07) is 15.1. The normalized spacial score (nSPS) is 10.7. The molecular weight excluding hydrogens is 516 g/mol. The molecule has 0 bridgehead atoms. The molecule has 0 aliphatic rings. The summed E-state index contributed by atoms with van der Waals surface area (Å²) in [4.78, 5) is 52.1. The Morgan fingerprint density at radius 3 is 2.26 bits per heavy atom. The van der Waals surface area contributed by atoms with E-state index >= 15 is 0 Å². The lowest BCUT2D eigenvalue weighted by atomic mass is 10.2. The number of aromatic hydroxyl groups is 1. The zero-order valence-corrected chi connectivity index (χ0v) is 21.1. The maximum atomic E-state index is 13.4. The van der Waals surface area contributed by atoms with E-state index in [1.807, 2.05) is 0 Å². The highest BCUT2D eigenvalue weighted by atomic mass is 35.5. The minimum absolute atomic E-state index is 0.0613. The molecule has 0 unspecified atom stereocenters. The van der Waals surface area contributed by atoms with Gasteiger partial charge in [0.25, 0.3) is 5.56 Å². The lowest BCUT2D eigenvalue weighted by molar-refractivity contribution is -0.117. The Bertz CT molecular complexity index is 1660. The summed E-state index contributed by atoms with van der Waals surface area (Å²) < 4.78 is 12.3. The zero-order valence-electron chi connectivity index (χ0n) is 20.4. The topological polar surface area (TPSA) is 141 Å². The van der Waals surface area contributed by atoms with Gasteiger partial charge in [-0.1, -0.05) is 29.8 Å². The molecular formula is C26H23ClN4O7. The van der Waals surface area contributed by atoms with Crippen LogP contribution >= 0.6 is 11.6 Å². The number of aromatic nitrogens is 2. The van der Waals surface area contributed by atoms with Gasteiger partial charge in [0.05, 0.1) is 35.8 Å². The van der Waals surface area contributed by atoms with Crippen LogP contribution in [0, 0.1) is 0 Å². The van der Waals surface area contributed by atoms with Crippen molar-refractivity contribution in [3.63, 3.8) is 0 Å². The summed E-state index contributed by atoms with van der Waals surface area (Å²) in [6.07, 6.45) is 0. The first-order valence-corrected chi connectivity index (χ1v) is 11.6. The molecule has 196 valence electrons. The number of carbonyl (C=O) groups excluding carboxylic acids is 2. The fraction of sp³-hybridized carbons (Fsp3) is 0.154. The number of methoxy groups -OCH3 is 2. The van der Waals surface area contributed by atoms with E-state index in [9.17, 15) is 24.3 Å². The first-order chi connectivity index (χ1) is 18.2. The number of phenolic OH excluding ortho intramolecular Hbond substituents is 1. The number of halogens is 1. The van der Waals surface area contributed by atoms with Gasteiger partial charge < -0.3 is 25.2 Å². The van der Waals surface area contributed by atoms with Crippen LogP contribution in [0.25, 0.3) is 10.9 Å². The van der Waals surface area contributed by atoms with Crippen LogP contribution in [-0.4, -0.2) is 40.3 Å². The molecule has 0 spiro atoms. The Labute approximate surface area is 220 Å². The van der Waals surface area contributed by atoms with Crippen molar-refractivity contribution in [3.8, 4) is 17.2 Å². The van der Waals surface area contributed by atoms with Crippen LogP contribution < -0.4 is 31.4 Å². The van der Waals surface area contributed by atoms with E-state index in [4.69, 9.17) is 21.1 Å². The Kier molecular flexibility index (Phi) is 7.68. The number of nitrogens with one attached hydrogen (secondary N) is 2. The minimum Gasteiger partial charge on any atom is -0.508 e. The summed E-state index contributed by atoms with van der Waals surface area (Å²) in [5, 5.41) is 15.2. The predicted molar refractivity (Wildman–Crippen MR) is 142 cm³/mol. The van der Waals surface area contributed by atoms with Crippen molar-refractivity contribution in [1.82, 2.24) is 9.13 Å². The Balaban J connectivity index is 1.67. The summed E-state index contributed by atoms with van der Waals surface area (Å²) >= 11 is 6.18. The second-order valence-electron chi connectivity index (χ2n) is 8.11. The minimum atomic E-state index is -0.852. The Morgan fingerprint density at radius 1 is 0.868 bits per heavy atom. The molecule has 0 fully saturated rings. The first-order valence-electron chi connectivity index (χ1n) is 11.2. The van der Waals surface area contributed by atoms with E-state index in [1.165, 1.54) is 56.7 Å². The second-order valence-corrected chi connectivity index (χ2v) is 8.52. The highest BCUT2D eigenvalue weighted by Crippen LogP contribution is 2.35. The van der Waals surface area contributed by atoms with Gasteiger partial charge in [0.15, 0.2) is 0 Å². The quantitative estimate of drug-likeness (QED) is 0.313. The number of benzene rings is 3. The van der Waals surface area contributed by atoms with Gasteiger partial charge in [-0.3, -0.25) is 23.5 Å². The number of phenols is 1. The van der Waals surface area contributed by atoms with Crippen molar-refractivity contribution in [1.29, 1.82) is 0 Å². The molecule has 4 aromatic rings. The summed E-state index contributed by atoms with van der Waals surface area (Å²) in [6.45, 7) is -1.08. The summed E-state index contributed by atoms with van der Waals surface area (Å²) in [5.74, 6) is -0.705. The SMILES string of the molecule is COc1cc(OC)c(NC(=O)Cn2c(=O)n(CC(=O)Nc3cccc(O)c3)c(=O)c3ccccc32)cc1Cl. The number of rotatable bonds is 8. The average molecular weight is 539 g/mol. The van der Waals surface area contributed by atoms with Crippen LogP contribution in [0.5, 0.6) is 17.2 Å². The molecule has 2 amide bonds. The lowest BCUT2D eigenvalue weighted by Crippen LogP contribution is -2.44. The van der Waals surface area contributed by atoms with Crippen molar-refractivity contribution in [2.75, 3.05) is 24.9 Å². The molecule has 0 aliphatic heterocycles. The van der Waals surface area contributed by atoms with Crippen molar-refractivity contribution >= 4 is 45.7 Å². The molecule has 0 radical (unpaired) electrons. The van der Waals surface area contributed by atoms with Crippen LogP contribution in [0.15, 0.2) is 70.3 Å². The zero-order chi connectivity index (χ0) is 27.4. The molecule has 1 aromatic heterocycles. The maximum Gasteiger partial charge on any atom is 0.332 e. The van der Waals surface area contributed by atoms with E-state index < -0.39 is 36.2 Å². The third kappa shape index (κ3) is 5.47. The average Bonchev–Trinajstić information content (AvgIpc) is 2.89. The summed E-state index contributed by atoms with van der Waals surface area (Å²) in [7, 11) is 2.85. The van der Waals surface area contributed by atoms with Crippen LogP contribution in [0.2, 0.25) is 5.02 Å². The van der Waals surface area contributed by atoms with Gasteiger partial charge in [0.2, 0.25) is 11.8 Å². The number of amides is 2. The monoisotopic (exact) mass is 538 g/mol. The van der Waals surface area contributed by atoms with Crippen LogP contribution in [0.3, 0.4) is 0 Å². The van der Waals surface area contributed by atoms with Crippen molar-refractivity contribution in [2.24, 2.45) is 0 Å². The van der Waals surface area contributed by atoms with E-state index in [0.29, 0.717) is 5.75 Å². The molecule has 0 aliphatic carbocycles. The third-order valence-electron chi connectivity index (χ3n) is 5.61. The second kappa shape index (κ2) is 11.1. The largest absolute Gasteiger partial charge is 0.508 e. The molecule has 38 heavy (non-hydrogen) atoms. The Hall–Kier alpha value is -4.77. The lowest BCUT2D eigenvalue weighted by Gasteiger charge is -2.16. The van der Waals surface area contributed by atoms with Crippen LogP contribution in [0.4, 0.5) is 11.4 Å². The van der Waals surface area contributed by atoms with Crippen molar-refractivity contribution in [3.05, 3.63) is 86.5 Å². The fourth-order valence-corrected chi connectivity index (χ4v) is 4.12. The molecule has 4 rings (SSSR count). The molecule has 0 atom stereocenters. The highest BCUT2D eigenvalue weighted by Gasteiger charge is 2.19. The van der Waals surface area contributed by atoms with Crippen LogP contribution in [0.1, 0.15) is 0 Å². The number of ether oxygens (including phenoxy) is 2. The third-order valence-corrected chi connectivity index (χ3v) is 5.91. The first kappa shape index (κ1) is 26.3. The number of nitrogens with zero attached hydrogens (tertiary/aromatic N) is 2. The number of hydrogen-bond acceptors (Lipinski definition) is 7. The number of carbonyl (C=O) groups is 2. The number of para-hydroxylation sites is 1. The van der Waals surface area contributed by atoms with Gasteiger partial charge in [-0.25, -0.2) is 4.79 Å². The maximum absolute atomic E-state index is 13.4. The van der Waals surface area contributed by atoms with Crippen LogP contribution in [-0.2, 0) is 22.7 Å². The van der Waals surface area contributed by atoms with E-state index in [0.717, 1.165) is 9.13 Å². The Morgan fingerprint density at radius 2 is 1.55 bits per heavy atom. The molecule has 0 saturated heterocycles. The van der Waals surface area contributed by atoms with Crippen molar-refractivity contribution in [2.45, 2.75) is 13.1 Å². The van der Waals surface area contributed by atoms with Gasteiger partial charge in [0.1, 0.15) is 30.3 Å². The van der Waals surface area contributed by atoms with E-state index in [2.05, 4.69) is 10.6 Å². The van der Waals surface area contributed by atoms with Gasteiger partial charge in [-0.2, -0.15) is 0 Å². The standard InChI is InChI=1S/C26H23ClN4O7/c1-37-21-12-22(38-2)19(11-18(21)27)29-24(34)13-30-20-9-4-3-8-17(20)25(35)31(26(30)36)14-23(33)28-15-6-5-7-16(32)10-15/h3-12,32H,13-14H2,1-2H3,(H,28,33)(H,29,34). The number of anilines is 2. The number of hydrogen-bond donors (Lipinski definition) is 3. The predicted octanol–water partition coefficient (Wildman–Crippen LogP) is 2.82. The van der Waals surface area contributed by atoms with E-state index in [1.54, 1.807) is 18.2 Å². The molecule has 3 N–H and O–H groups in total. The van der Waals surface area contributed by atoms with Gasteiger partial charge in [-0.05, 0) is 30.3 Å². The molecule has 0 saturated carbocycles. The van der Waals surface area contributed by atoms with Gasteiger partial charge in [-0.15, -0.1) is 0 Å². The molecule has 12 heteroatoms. The van der Waals surface area contributed by atoms with Gasteiger partial charge >= 0.3 is 5.69 Å². The van der Waals surface area contributed by atoms with E-state index in [-0.39, 0.29) is 38.8 Å².